The van der Waals surface area contributed by atoms with Gasteiger partial charge in [0.05, 0.1) is 17.4 Å². The molecule has 0 fully saturated rings. The van der Waals surface area contributed by atoms with Crippen LogP contribution in [0.15, 0.2) is 82.2 Å². The molecule has 0 saturated carbocycles. The molecule has 3 nitrogen and oxygen atoms in total. The normalized spacial score (nSPS) is 20.9. The molecule has 0 amide bonds. The summed E-state index contributed by atoms with van der Waals surface area (Å²) in [5.41, 5.74) is 5.11. The second-order valence-corrected chi connectivity index (χ2v) is 9.32. The molecule has 2 N–H and O–H groups in total. The minimum absolute atomic E-state index is 0.145. The van der Waals surface area contributed by atoms with Gasteiger partial charge in [0.2, 0.25) is 0 Å². The quantitative estimate of drug-likeness (QED) is 0.480. The minimum atomic E-state index is -0.145. The number of hydrogen-bond donors (Lipinski definition) is 2. The summed E-state index contributed by atoms with van der Waals surface area (Å²) in [7, 11) is 0. The van der Waals surface area contributed by atoms with E-state index in [1.807, 2.05) is 12.1 Å². The first kappa shape index (κ1) is 18.5. The molecule has 2 heterocycles. The monoisotopic (exact) mass is 418 g/mol. The lowest BCUT2D eigenvalue weighted by Gasteiger charge is -2.29. The molecule has 5 rings (SSSR count). The zero-order valence-electron chi connectivity index (χ0n) is 16.1. The molecule has 1 aliphatic carbocycles. The molecule has 2 aromatic carbocycles. The molecule has 0 spiro atoms. The molecule has 29 heavy (non-hydrogen) atoms. The number of carbonyl (C=O) groups excluding carboxylic acids is 1. The Labute approximate surface area is 179 Å². The summed E-state index contributed by atoms with van der Waals surface area (Å²) in [6, 6.07) is 20.8. The van der Waals surface area contributed by atoms with Crippen LogP contribution in [-0.2, 0) is 4.79 Å². The van der Waals surface area contributed by atoms with Crippen molar-refractivity contribution in [3.8, 4) is 0 Å². The number of thiophene rings is 1. The average Bonchev–Trinajstić information content (AvgIpc) is 3.23. The van der Waals surface area contributed by atoms with Gasteiger partial charge in [-0.15, -0.1) is 23.1 Å². The Morgan fingerprint density at radius 3 is 2.48 bits per heavy atom. The van der Waals surface area contributed by atoms with Crippen LogP contribution in [-0.4, -0.2) is 12.0 Å². The van der Waals surface area contributed by atoms with E-state index in [1.54, 1.807) is 23.1 Å². The van der Waals surface area contributed by atoms with Crippen LogP contribution in [0, 0.1) is 0 Å². The van der Waals surface area contributed by atoms with E-state index in [0.717, 1.165) is 34.6 Å². The van der Waals surface area contributed by atoms with Crippen LogP contribution < -0.4 is 10.6 Å². The number of allylic oxidation sites excluding steroid dienone is 1. The summed E-state index contributed by atoms with van der Waals surface area (Å²) in [4.78, 5) is 15.9. The predicted molar refractivity (Wildman–Crippen MR) is 123 cm³/mol. The van der Waals surface area contributed by atoms with Gasteiger partial charge in [-0.3, -0.25) is 4.79 Å². The number of rotatable bonds is 3. The van der Waals surface area contributed by atoms with Crippen molar-refractivity contribution in [2.75, 3.05) is 16.9 Å². The highest BCUT2D eigenvalue weighted by Crippen LogP contribution is 2.44. The molecular formula is C24H22N2OS2. The van der Waals surface area contributed by atoms with Crippen molar-refractivity contribution in [1.82, 2.24) is 0 Å². The van der Waals surface area contributed by atoms with Crippen LogP contribution in [0.25, 0.3) is 0 Å². The zero-order chi connectivity index (χ0) is 19.8. The van der Waals surface area contributed by atoms with Crippen molar-refractivity contribution in [2.45, 2.75) is 29.7 Å². The molecule has 2 atom stereocenters. The number of benzene rings is 2. The van der Waals surface area contributed by atoms with Crippen molar-refractivity contribution in [1.29, 1.82) is 0 Å². The van der Waals surface area contributed by atoms with Gasteiger partial charge in [-0.05, 0) is 54.0 Å². The summed E-state index contributed by atoms with van der Waals surface area (Å²) < 4.78 is 0. The number of fused-ring (bicyclic) bond motifs is 1. The lowest BCUT2D eigenvalue weighted by Crippen LogP contribution is -2.26. The van der Waals surface area contributed by atoms with Crippen molar-refractivity contribution in [3.05, 3.63) is 87.8 Å². The SMILES string of the molecule is CSc1ccc(C2Nc3ccccc3NC3=C2C(=O)CC(c2cccs2)C3)cc1. The van der Waals surface area contributed by atoms with Gasteiger partial charge in [0.1, 0.15) is 0 Å². The molecule has 5 heteroatoms. The summed E-state index contributed by atoms with van der Waals surface area (Å²) in [5.74, 6) is 0.481. The first-order valence-electron chi connectivity index (χ1n) is 9.79. The Morgan fingerprint density at radius 2 is 1.76 bits per heavy atom. The zero-order valence-corrected chi connectivity index (χ0v) is 17.8. The van der Waals surface area contributed by atoms with Gasteiger partial charge in [0.15, 0.2) is 5.78 Å². The second-order valence-electron chi connectivity index (χ2n) is 7.46. The minimum Gasteiger partial charge on any atom is -0.372 e. The standard InChI is InChI=1S/C24H22N2OS2/c1-28-17-10-8-15(9-11-17)24-23-20(25-18-5-2-3-6-19(18)26-24)13-16(14-21(23)27)22-7-4-12-29-22/h2-12,16,24-26H,13-14H2,1H3. The van der Waals surface area contributed by atoms with Gasteiger partial charge in [0.25, 0.3) is 0 Å². The Kier molecular flexibility index (Phi) is 4.94. The van der Waals surface area contributed by atoms with E-state index in [4.69, 9.17) is 0 Å². The van der Waals surface area contributed by atoms with Crippen LogP contribution in [0.1, 0.15) is 35.2 Å². The summed E-state index contributed by atoms with van der Waals surface area (Å²) in [5, 5.41) is 9.34. The number of anilines is 2. The van der Waals surface area contributed by atoms with Gasteiger partial charge in [-0.25, -0.2) is 0 Å². The third kappa shape index (κ3) is 3.49. The molecule has 0 bridgehead atoms. The van der Waals surface area contributed by atoms with Crippen LogP contribution >= 0.6 is 23.1 Å². The van der Waals surface area contributed by atoms with Crippen molar-refractivity contribution in [3.63, 3.8) is 0 Å². The molecule has 3 aromatic rings. The Bertz CT molecular complexity index is 1070. The molecule has 1 aromatic heterocycles. The first-order valence-corrected chi connectivity index (χ1v) is 11.9. The van der Waals surface area contributed by atoms with Gasteiger partial charge >= 0.3 is 0 Å². The Balaban J connectivity index is 1.60. The number of thioether (sulfide) groups is 1. The number of Topliss-reactive ketones (excluding diaryl/α,β-unsaturated/α-hetero) is 1. The Hall–Kier alpha value is -2.50. The smallest absolute Gasteiger partial charge is 0.163 e. The van der Waals surface area contributed by atoms with Crippen LogP contribution in [0.2, 0.25) is 0 Å². The number of carbonyl (C=O) groups is 1. The lowest BCUT2D eigenvalue weighted by atomic mass is 9.81. The topological polar surface area (TPSA) is 41.1 Å². The first-order chi connectivity index (χ1) is 14.2. The number of nitrogens with one attached hydrogen (secondary N) is 2. The number of hydrogen-bond acceptors (Lipinski definition) is 5. The van der Waals surface area contributed by atoms with Crippen LogP contribution in [0.4, 0.5) is 11.4 Å². The fraction of sp³-hybridized carbons (Fsp3) is 0.208. The van der Waals surface area contributed by atoms with E-state index in [1.165, 1.54) is 9.77 Å². The van der Waals surface area contributed by atoms with Crippen LogP contribution in [0.5, 0.6) is 0 Å². The predicted octanol–water partition coefficient (Wildman–Crippen LogP) is 6.45. The van der Waals surface area contributed by atoms with Crippen molar-refractivity contribution < 1.29 is 4.79 Å². The average molecular weight is 419 g/mol. The molecular weight excluding hydrogens is 396 g/mol. The fourth-order valence-electron chi connectivity index (χ4n) is 4.26. The maximum atomic E-state index is 13.4. The molecule has 2 aliphatic rings. The van der Waals surface area contributed by atoms with E-state index >= 15 is 0 Å². The largest absolute Gasteiger partial charge is 0.372 e. The molecule has 0 radical (unpaired) electrons. The van der Waals surface area contributed by atoms with E-state index in [0.29, 0.717) is 6.42 Å². The summed E-state index contributed by atoms with van der Waals surface area (Å²) in [6.07, 6.45) is 3.50. The van der Waals surface area contributed by atoms with Crippen molar-refractivity contribution in [2.24, 2.45) is 0 Å². The second kappa shape index (κ2) is 7.73. The highest BCUT2D eigenvalue weighted by molar-refractivity contribution is 7.98. The highest BCUT2D eigenvalue weighted by Gasteiger charge is 2.36. The van der Waals surface area contributed by atoms with Gasteiger partial charge in [-0.2, -0.15) is 0 Å². The van der Waals surface area contributed by atoms with E-state index < -0.39 is 0 Å². The van der Waals surface area contributed by atoms with Crippen molar-refractivity contribution >= 4 is 40.3 Å². The number of para-hydroxylation sites is 2. The van der Waals surface area contributed by atoms with E-state index in [9.17, 15) is 4.79 Å². The van der Waals surface area contributed by atoms with Crippen LogP contribution in [0.3, 0.4) is 0 Å². The van der Waals surface area contributed by atoms with E-state index in [2.05, 4.69) is 70.8 Å². The lowest BCUT2D eigenvalue weighted by molar-refractivity contribution is -0.116. The fourth-order valence-corrected chi connectivity index (χ4v) is 5.50. The Morgan fingerprint density at radius 1 is 0.966 bits per heavy atom. The van der Waals surface area contributed by atoms with Gasteiger partial charge < -0.3 is 10.6 Å². The van der Waals surface area contributed by atoms with Gasteiger partial charge in [-0.1, -0.05) is 30.3 Å². The molecule has 2 unspecified atom stereocenters. The third-order valence-corrected chi connectivity index (χ3v) is 7.48. The molecule has 0 saturated heterocycles. The maximum Gasteiger partial charge on any atom is 0.163 e. The summed E-state index contributed by atoms with van der Waals surface area (Å²) in [6.45, 7) is 0. The third-order valence-electron chi connectivity index (χ3n) is 5.70. The van der Waals surface area contributed by atoms with E-state index in [-0.39, 0.29) is 17.7 Å². The summed E-state index contributed by atoms with van der Waals surface area (Å²) >= 11 is 3.47. The highest BCUT2D eigenvalue weighted by atomic mass is 32.2. The maximum absolute atomic E-state index is 13.4. The number of ketones is 1. The van der Waals surface area contributed by atoms with Gasteiger partial charge in [0, 0.05) is 33.4 Å². The molecule has 1 aliphatic heterocycles. The molecule has 146 valence electrons.